The first-order valence-electron chi connectivity index (χ1n) is 6.33. The molecule has 1 aliphatic heterocycles. The molecule has 3 nitrogen and oxygen atoms in total. The van der Waals surface area contributed by atoms with Gasteiger partial charge in [0.2, 0.25) is 0 Å². The fourth-order valence-electron chi connectivity index (χ4n) is 1.92. The Morgan fingerprint density at radius 2 is 1.81 bits per heavy atom. The van der Waals surface area contributed by atoms with E-state index in [-0.39, 0.29) is 0 Å². The Kier molecular flexibility index (Phi) is 5.39. The second kappa shape index (κ2) is 6.59. The molecule has 0 radical (unpaired) electrons. The third-order valence-corrected chi connectivity index (χ3v) is 2.83. The summed E-state index contributed by atoms with van der Waals surface area (Å²) in [5.74, 6) is 0. The fourth-order valence-corrected chi connectivity index (χ4v) is 1.92. The quantitative estimate of drug-likeness (QED) is 0.728. The van der Waals surface area contributed by atoms with Crippen LogP contribution in [0, 0.1) is 6.92 Å². The van der Waals surface area contributed by atoms with E-state index in [0.29, 0.717) is 0 Å². The molecule has 0 unspecified atom stereocenters. The zero-order valence-corrected chi connectivity index (χ0v) is 11.0. The fraction of sp³-hybridized carbons (Fsp3) is 0.692. The molecule has 0 saturated heterocycles. The van der Waals surface area contributed by atoms with E-state index in [1.807, 2.05) is 27.0 Å². The van der Waals surface area contributed by atoms with Gasteiger partial charge in [-0.15, -0.1) is 0 Å². The minimum Gasteiger partial charge on any atom is -0.303 e. The highest BCUT2D eigenvalue weighted by atomic mass is 15.1. The number of aryl methyl sites for hydroxylation is 1. The Labute approximate surface area is 98.9 Å². The van der Waals surface area contributed by atoms with Crippen LogP contribution in [0.2, 0.25) is 0 Å². The van der Waals surface area contributed by atoms with Crippen LogP contribution in [0.15, 0.2) is 6.20 Å². The van der Waals surface area contributed by atoms with E-state index < -0.39 is 0 Å². The summed E-state index contributed by atoms with van der Waals surface area (Å²) in [4.78, 5) is 11.5. The van der Waals surface area contributed by atoms with Gasteiger partial charge in [-0.1, -0.05) is 20.8 Å². The van der Waals surface area contributed by atoms with Crippen molar-refractivity contribution in [2.24, 2.45) is 0 Å². The predicted octanol–water partition coefficient (Wildman–Crippen LogP) is 2.23. The topological polar surface area (TPSA) is 29.0 Å². The Bertz CT molecular complexity index is 323. The van der Waals surface area contributed by atoms with Crippen molar-refractivity contribution in [2.45, 2.75) is 40.5 Å². The maximum Gasteiger partial charge on any atom is 0.0635 e. The molecule has 0 fully saturated rings. The number of likely N-dealkylation sites (N-methyl/N-ethyl adjacent to an activating group) is 1. The molecule has 16 heavy (non-hydrogen) atoms. The van der Waals surface area contributed by atoms with Gasteiger partial charge in [-0.3, -0.25) is 9.97 Å². The maximum atomic E-state index is 4.55. The number of fused-ring (bicyclic) bond motifs is 1. The molecule has 1 aromatic rings. The molecular formula is C13H23N3. The lowest BCUT2D eigenvalue weighted by Gasteiger charge is -2.15. The van der Waals surface area contributed by atoms with E-state index in [0.717, 1.165) is 38.2 Å². The zero-order chi connectivity index (χ0) is 12.0. The van der Waals surface area contributed by atoms with Crippen molar-refractivity contribution in [3.8, 4) is 0 Å². The molecule has 0 spiro atoms. The number of rotatable bonds is 1. The van der Waals surface area contributed by atoms with Crippen molar-refractivity contribution in [1.82, 2.24) is 14.9 Å². The van der Waals surface area contributed by atoms with Gasteiger partial charge >= 0.3 is 0 Å². The molecule has 0 N–H and O–H groups in total. The third-order valence-electron chi connectivity index (χ3n) is 2.83. The molecule has 0 aliphatic carbocycles. The molecular weight excluding hydrogens is 198 g/mol. The maximum absolute atomic E-state index is 4.55. The van der Waals surface area contributed by atoms with Gasteiger partial charge in [0.15, 0.2) is 0 Å². The lowest BCUT2D eigenvalue weighted by Crippen LogP contribution is -2.25. The van der Waals surface area contributed by atoms with E-state index in [1.54, 1.807) is 0 Å². The second-order valence-corrected chi connectivity index (χ2v) is 3.84. The van der Waals surface area contributed by atoms with Crippen LogP contribution in [0.3, 0.4) is 0 Å². The van der Waals surface area contributed by atoms with Crippen LogP contribution < -0.4 is 0 Å². The molecule has 90 valence electrons. The average Bonchev–Trinajstić information content (AvgIpc) is 2.53. The summed E-state index contributed by atoms with van der Waals surface area (Å²) >= 11 is 0. The second-order valence-electron chi connectivity index (χ2n) is 3.84. The highest BCUT2D eigenvalue weighted by Crippen LogP contribution is 2.11. The Hall–Kier alpha value is -0.960. The van der Waals surface area contributed by atoms with Crippen LogP contribution in [-0.4, -0.2) is 34.5 Å². The molecule has 1 aliphatic rings. The summed E-state index contributed by atoms with van der Waals surface area (Å²) in [5, 5.41) is 0. The highest BCUT2D eigenvalue weighted by Gasteiger charge is 2.14. The van der Waals surface area contributed by atoms with Crippen molar-refractivity contribution in [3.05, 3.63) is 23.3 Å². The minimum absolute atomic E-state index is 1.04. The first kappa shape index (κ1) is 13.1. The molecule has 0 aromatic carbocycles. The van der Waals surface area contributed by atoms with Crippen LogP contribution in [0.1, 0.15) is 37.9 Å². The van der Waals surface area contributed by atoms with E-state index in [9.17, 15) is 0 Å². The van der Waals surface area contributed by atoms with Gasteiger partial charge < -0.3 is 4.90 Å². The number of aromatic nitrogens is 2. The van der Waals surface area contributed by atoms with Crippen molar-refractivity contribution in [1.29, 1.82) is 0 Å². The van der Waals surface area contributed by atoms with Crippen LogP contribution in [0.25, 0.3) is 0 Å². The Morgan fingerprint density at radius 1 is 1.19 bits per heavy atom. The highest BCUT2D eigenvalue weighted by molar-refractivity contribution is 5.15. The molecule has 1 aromatic heterocycles. The zero-order valence-electron chi connectivity index (χ0n) is 11.0. The largest absolute Gasteiger partial charge is 0.303 e. The monoisotopic (exact) mass is 221 g/mol. The van der Waals surface area contributed by atoms with Crippen molar-refractivity contribution >= 4 is 0 Å². The minimum atomic E-state index is 1.04. The number of hydrogen-bond donors (Lipinski definition) is 0. The summed E-state index contributed by atoms with van der Waals surface area (Å²) in [6, 6.07) is 0. The number of nitrogens with zero attached hydrogens (tertiary/aromatic N) is 3. The Balaban J connectivity index is 0.000000606. The van der Waals surface area contributed by atoms with Gasteiger partial charge in [0.25, 0.3) is 0 Å². The van der Waals surface area contributed by atoms with Crippen LogP contribution in [0.5, 0.6) is 0 Å². The van der Waals surface area contributed by atoms with Crippen molar-refractivity contribution in [3.63, 3.8) is 0 Å². The molecule has 2 rings (SSSR count). The van der Waals surface area contributed by atoms with Gasteiger partial charge in [0.1, 0.15) is 0 Å². The van der Waals surface area contributed by atoms with Gasteiger partial charge in [0, 0.05) is 32.1 Å². The molecule has 2 heterocycles. The van der Waals surface area contributed by atoms with E-state index in [1.165, 1.54) is 11.4 Å². The van der Waals surface area contributed by atoms with Crippen LogP contribution >= 0.6 is 0 Å². The summed E-state index contributed by atoms with van der Waals surface area (Å²) in [7, 11) is 0. The first-order chi connectivity index (χ1) is 7.79. The smallest absolute Gasteiger partial charge is 0.0635 e. The van der Waals surface area contributed by atoms with Gasteiger partial charge in [-0.25, -0.2) is 0 Å². The normalized spacial score (nSPS) is 15.8. The number of hydrogen-bond acceptors (Lipinski definition) is 3. The molecule has 0 bridgehead atoms. The SMILES string of the molecule is CC.CCN1CCc2ncc(C)nc2CC1. The summed E-state index contributed by atoms with van der Waals surface area (Å²) in [5.41, 5.74) is 3.45. The third kappa shape index (κ3) is 3.27. The van der Waals surface area contributed by atoms with E-state index >= 15 is 0 Å². The predicted molar refractivity (Wildman–Crippen MR) is 67.6 cm³/mol. The molecule has 0 atom stereocenters. The molecule has 3 heteroatoms. The molecule has 0 amide bonds. The van der Waals surface area contributed by atoms with Gasteiger partial charge in [-0.05, 0) is 13.5 Å². The van der Waals surface area contributed by atoms with Gasteiger partial charge in [0.05, 0.1) is 17.1 Å². The summed E-state index contributed by atoms with van der Waals surface area (Å²) in [6.45, 7) is 11.6. The summed E-state index contributed by atoms with van der Waals surface area (Å²) < 4.78 is 0. The van der Waals surface area contributed by atoms with E-state index in [4.69, 9.17) is 0 Å². The Morgan fingerprint density at radius 3 is 2.44 bits per heavy atom. The molecule has 0 saturated carbocycles. The first-order valence-corrected chi connectivity index (χ1v) is 6.33. The van der Waals surface area contributed by atoms with Crippen molar-refractivity contribution in [2.75, 3.05) is 19.6 Å². The van der Waals surface area contributed by atoms with Gasteiger partial charge in [-0.2, -0.15) is 0 Å². The van der Waals surface area contributed by atoms with Crippen LogP contribution in [-0.2, 0) is 12.8 Å². The standard InChI is InChI=1S/C11H17N3.C2H6/c1-3-14-6-4-10-11(5-7-14)13-9(2)8-12-10;1-2/h8H,3-7H2,1-2H3;1-2H3. The van der Waals surface area contributed by atoms with Crippen LogP contribution in [0.4, 0.5) is 0 Å². The average molecular weight is 221 g/mol. The lowest BCUT2D eigenvalue weighted by molar-refractivity contribution is 0.302. The summed E-state index contributed by atoms with van der Waals surface area (Å²) in [6.07, 6.45) is 3.98. The van der Waals surface area contributed by atoms with Crippen molar-refractivity contribution < 1.29 is 0 Å². The lowest BCUT2D eigenvalue weighted by atomic mass is 10.2. The van der Waals surface area contributed by atoms with E-state index in [2.05, 4.69) is 21.8 Å².